The Kier molecular flexibility index (Phi) is 10.3. The highest BCUT2D eigenvalue weighted by molar-refractivity contribution is 7.54. The summed E-state index contributed by atoms with van der Waals surface area (Å²) < 4.78 is 52.1. The van der Waals surface area contributed by atoms with Gasteiger partial charge in [0.05, 0.1) is 6.61 Å². The summed E-state index contributed by atoms with van der Waals surface area (Å²) >= 11 is 0. The van der Waals surface area contributed by atoms with Gasteiger partial charge in [0.15, 0.2) is 6.23 Å². The second-order valence-corrected chi connectivity index (χ2v) is 12.7. The average Bonchev–Trinajstić information content (AvgIpc) is 3.21. The predicted molar refractivity (Wildman–Crippen MR) is 145 cm³/mol. The van der Waals surface area contributed by atoms with Gasteiger partial charge in [-0.1, -0.05) is 18.2 Å². The highest BCUT2D eigenvalue weighted by Gasteiger charge is 2.49. The van der Waals surface area contributed by atoms with Crippen molar-refractivity contribution in [2.45, 2.75) is 55.7 Å². The first-order chi connectivity index (χ1) is 20.6. The number of phosphoric ester groups is 1. The molecule has 3 heterocycles. The van der Waals surface area contributed by atoms with Gasteiger partial charge in [-0.25, -0.2) is 9.36 Å². The number of hydrogen-bond acceptors (Lipinski definition) is 14. The summed E-state index contributed by atoms with van der Waals surface area (Å²) in [4.78, 5) is 57.6. The van der Waals surface area contributed by atoms with Crippen molar-refractivity contribution < 1.29 is 67.2 Å². The van der Waals surface area contributed by atoms with Crippen LogP contribution in [0.15, 0.2) is 59.2 Å². The van der Waals surface area contributed by atoms with Gasteiger partial charge in [0.1, 0.15) is 47.8 Å². The van der Waals surface area contributed by atoms with Crippen molar-refractivity contribution in [2.24, 2.45) is 0 Å². The summed E-state index contributed by atoms with van der Waals surface area (Å²) in [6.45, 7) is 0.171. The summed E-state index contributed by atoms with van der Waals surface area (Å²) in [6.07, 6.45) is -7.92. The summed E-state index contributed by atoms with van der Waals surface area (Å²) in [5.41, 5.74) is 4.51. The molecule has 4 unspecified atom stereocenters. The van der Waals surface area contributed by atoms with E-state index >= 15 is 0 Å². The number of amides is 1. The van der Waals surface area contributed by atoms with E-state index in [1.54, 1.807) is 18.2 Å². The maximum absolute atomic E-state index is 12.8. The van der Waals surface area contributed by atoms with E-state index in [2.05, 4.69) is 10.3 Å². The van der Waals surface area contributed by atoms with Gasteiger partial charge >= 0.3 is 21.1 Å². The van der Waals surface area contributed by atoms with E-state index in [0.717, 1.165) is 23.8 Å². The van der Waals surface area contributed by atoms with Gasteiger partial charge < -0.3 is 55.3 Å². The highest BCUT2D eigenvalue weighted by atomic mass is 31.2. The number of hydrogen-bond donors (Lipinski definition) is 8. The largest absolute Gasteiger partial charge is 0.473 e. The molecule has 2 aliphatic heterocycles. The Bertz CT molecular complexity index is 1520. The van der Waals surface area contributed by atoms with Gasteiger partial charge in [-0.05, 0) is 24.3 Å². The normalized spacial score (nSPS) is 29.2. The quantitative estimate of drug-likeness (QED) is 0.124. The average molecular weight is 664 g/mol. The first-order valence-electron chi connectivity index (χ1n) is 12.7. The minimum atomic E-state index is -5.51. The van der Waals surface area contributed by atoms with Crippen LogP contribution in [0.3, 0.4) is 0 Å². The Hall–Kier alpha value is -3.19. The van der Waals surface area contributed by atoms with Crippen LogP contribution in [-0.2, 0) is 32.4 Å². The third-order valence-corrected chi connectivity index (χ3v) is 8.35. The summed E-state index contributed by atoms with van der Waals surface area (Å²) in [5, 5.41) is 33.8. The minimum Gasteiger partial charge on any atom is -0.454 e. The lowest BCUT2D eigenvalue weighted by molar-refractivity contribution is -0.134. The van der Waals surface area contributed by atoms with Gasteiger partial charge in [-0.3, -0.25) is 23.0 Å². The number of aliphatic hydroxyl groups is 3. The molecule has 0 saturated carbocycles. The Morgan fingerprint density at radius 1 is 1.14 bits per heavy atom. The van der Waals surface area contributed by atoms with Crippen molar-refractivity contribution in [3.8, 4) is 5.75 Å². The summed E-state index contributed by atoms with van der Waals surface area (Å²) in [5.74, 6) is -3.99. The second-order valence-electron chi connectivity index (χ2n) is 9.60. The number of para-hydroxylation sites is 1. The molecule has 9 N–H and O–H groups in total. The zero-order valence-electron chi connectivity index (χ0n) is 22.7. The first-order valence-corrected chi connectivity index (χ1v) is 15.9. The molecule has 44 heavy (non-hydrogen) atoms. The molecule has 4 rings (SSSR count). The van der Waals surface area contributed by atoms with Gasteiger partial charge in [0.2, 0.25) is 11.8 Å². The van der Waals surface area contributed by atoms with Crippen LogP contribution in [0.5, 0.6) is 5.75 Å². The zero-order valence-corrected chi connectivity index (χ0v) is 24.5. The van der Waals surface area contributed by atoms with E-state index in [0.29, 0.717) is 0 Å². The molecule has 1 saturated heterocycles. The number of benzene rings is 1. The monoisotopic (exact) mass is 664 g/mol. The van der Waals surface area contributed by atoms with Crippen LogP contribution in [0.1, 0.15) is 13.2 Å². The number of nitrogens with two attached hydrogens (primary N) is 1. The second kappa shape index (κ2) is 13.4. The molecule has 0 spiro atoms. The number of aliphatic hydroxyl groups excluding tert-OH is 3. The summed E-state index contributed by atoms with van der Waals surface area (Å²) in [6, 6.07) is 7.78. The van der Waals surface area contributed by atoms with Crippen LogP contribution < -0.4 is 21.5 Å². The van der Waals surface area contributed by atoms with Crippen molar-refractivity contribution >= 4 is 27.1 Å². The van der Waals surface area contributed by atoms with E-state index in [4.69, 9.17) is 29.0 Å². The van der Waals surface area contributed by atoms with Gasteiger partial charge in [-0.2, -0.15) is 4.98 Å². The van der Waals surface area contributed by atoms with Crippen molar-refractivity contribution in [3.05, 3.63) is 64.9 Å². The molecule has 1 fully saturated rings. The fourth-order valence-electron chi connectivity index (χ4n) is 4.26. The van der Waals surface area contributed by atoms with Crippen LogP contribution >= 0.6 is 15.4 Å². The maximum atomic E-state index is 12.8. The Morgan fingerprint density at radius 2 is 1.82 bits per heavy atom. The zero-order chi connectivity index (χ0) is 32.4. The number of rotatable bonds is 11. The van der Waals surface area contributed by atoms with Crippen molar-refractivity contribution in [3.63, 3.8) is 0 Å². The topological polar surface area (TPSA) is 292 Å². The van der Waals surface area contributed by atoms with Crippen molar-refractivity contribution in [1.29, 1.82) is 0 Å². The number of phosphoric acid groups is 1. The molecular weight excluding hydrogens is 634 g/mol. The summed E-state index contributed by atoms with van der Waals surface area (Å²) in [7, 11) is -10.9. The molecule has 0 bridgehead atoms. The molecule has 0 aliphatic carbocycles. The highest BCUT2D eigenvalue weighted by Crippen LogP contribution is 2.56. The molecule has 0 radical (unpaired) electrons. The third kappa shape index (κ3) is 8.09. The van der Waals surface area contributed by atoms with E-state index in [1.165, 1.54) is 18.2 Å². The smallest absolute Gasteiger partial charge is 0.454 e. The van der Waals surface area contributed by atoms with Crippen molar-refractivity contribution in [2.75, 3.05) is 12.3 Å². The number of nitrogen functional groups attached to an aromatic ring is 1. The molecule has 2 aromatic rings. The van der Waals surface area contributed by atoms with Gasteiger partial charge in [0, 0.05) is 13.1 Å². The lowest BCUT2D eigenvalue weighted by Crippen LogP contribution is -2.55. The number of carbonyl (C=O) groups excluding carboxylic acids is 1. The SMILES string of the molecule is CC(=O)N[C@H]1C(Oc2ccccc2)OC(C(OP(=O)(O)OC[C@H]2O[C@@H](n3ccc(N)nc3=O)[C@@H](O)C2O)P(=O)(O)O)=C[C@H]1O. The Balaban J connectivity index is 1.50. The standard InChI is InChI=1S/C23H30N4O15P2/c1-11(28)25-17-13(29)9-14(41-21(17)39-12-5-3-2-4-6-12)22(43(33,34)35)42-44(36,37)38-10-15-18(30)19(31)20(40-15)27-8-7-16(24)26-23(27)32/h2-9,13,15,17-22,29-31H,10H2,1H3,(H,25,28)(H,36,37)(H2,24,26,32)(H2,33,34,35)/t13-,15-,17-,18?,19+,20-,21?,22?/m1/s1. The minimum absolute atomic E-state index is 0.120. The number of ether oxygens (including phenoxy) is 3. The third-order valence-electron chi connectivity index (χ3n) is 6.26. The number of anilines is 1. The lowest BCUT2D eigenvalue weighted by atomic mass is 10.1. The molecule has 1 aromatic heterocycles. The molecule has 1 amide bonds. The molecule has 9 atom stereocenters. The van der Waals surface area contributed by atoms with Gasteiger partial charge in [0.25, 0.3) is 6.29 Å². The van der Waals surface area contributed by atoms with E-state index in [1.807, 2.05) is 0 Å². The maximum Gasteiger partial charge on any atom is 0.473 e. The molecule has 1 aromatic carbocycles. The molecule has 19 nitrogen and oxygen atoms in total. The predicted octanol–water partition coefficient (Wildman–Crippen LogP) is -1.73. The van der Waals surface area contributed by atoms with Crippen LogP contribution in [-0.4, -0.2) is 94.7 Å². The van der Waals surface area contributed by atoms with Crippen LogP contribution in [0.4, 0.5) is 5.82 Å². The van der Waals surface area contributed by atoms with Crippen LogP contribution in [0, 0.1) is 0 Å². The Labute approximate surface area is 248 Å². The molecule has 2 aliphatic rings. The fraction of sp³-hybridized carbons (Fsp3) is 0.435. The van der Waals surface area contributed by atoms with Crippen LogP contribution in [0.25, 0.3) is 0 Å². The van der Waals surface area contributed by atoms with Gasteiger partial charge in [-0.15, -0.1) is 0 Å². The van der Waals surface area contributed by atoms with Crippen LogP contribution in [0.2, 0.25) is 0 Å². The van der Waals surface area contributed by atoms with E-state index in [9.17, 15) is 48.7 Å². The molecular formula is C23H30N4O15P2. The lowest BCUT2D eigenvalue weighted by Gasteiger charge is -2.37. The molecule has 21 heteroatoms. The Morgan fingerprint density at radius 3 is 2.43 bits per heavy atom. The first kappa shape index (κ1) is 33.7. The number of carbonyl (C=O) groups is 1. The fourth-order valence-corrected chi connectivity index (χ4v) is 6.34. The van der Waals surface area contributed by atoms with Crippen molar-refractivity contribution in [1.82, 2.24) is 14.9 Å². The van der Waals surface area contributed by atoms with E-state index in [-0.39, 0.29) is 11.6 Å². The number of nitrogens with zero attached hydrogens (tertiary/aromatic N) is 2. The number of nitrogens with one attached hydrogen (secondary N) is 1. The number of aromatic nitrogens is 2. The molecule has 242 valence electrons. The van der Waals surface area contributed by atoms with E-state index < -0.39 is 88.2 Å².